The molecule has 0 atom stereocenters. The van der Waals surface area contributed by atoms with E-state index in [2.05, 4.69) is 25.9 Å². The van der Waals surface area contributed by atoms with E-state index in [0.29, 0.717) is 27.8 Å². The van der Waals surface area contributed by atoms with Gasteiger partial charge in [-0.05, 0) is 55.5 Å². The first kappa shape index (κ1) is 19.3. The fraction of sp³-hybridized carbons (Fsp3) is 0.100. The van der Waals surface area contributed by atoms with E-state index in [-0.39, 0.29) is 23.5 Å². The first-order valence-electron chi connectivity index (χ1n) is 8.46. The van der Waals surface area contributed by atoms with Gasteiger partial charge in [0.05, 0.1) is 0 Å². The molecule has 7 nitrogen and oxygen atoms in total. The summed E-state index contributed by atoms with van der Waals surface area (Å²) in [5.41, 5.74) is 2.80. The molecule has 3 N–H and O–H groups in total. The maximum Gasteiger partial charge on any atom is 0.274 e. The van der Waals surface area contributed by atoms with Crippen molar-refractivity contribution < 1.29 is 9.59 Å². The van der Waals surface area contributed by atoms with Crippen LogP contribution in [0, 0.1) is 6.92 Å². The second-order valence-corrected chi connectivity index (χ2v) is 6.50. The molecule has 3 rings (SSSR count). The molecule has 0 aliphatic carbocycles. The van der Waals surface area contributed by atoms with Crippen LogP contribution < -0.4 is 16.0 Å². The average Bonchev–Trinajstić information content (AvgIpc) is 2.63. The summed E-state index contributed by atoms with van der Waals surface area (Å²) in [6.07, 6.45) is 0. The molecule has 1 aromatic heterocycles. The molecule has 0 bridgehead atoms. The number of rotatable bonds is 5. The quantitative estimate of drug-likeness (QED) is 0.595. The van der Waals surface area contributed by atoms with Gasteiger partial charge in [0.25, 0.3) is 5.91 Å². The van der Waals surface area contributed by atoms with Gasteiger partial charge in [0.15, 0.2) is 0 Å². The predicted octanol–water partition coefficient (Wildman–Crippen LogP) is 4.39. The van der Waals surface area contributed by atoms with Gasteiger partial charge in [-0.2, -0.15) is 0 Å². The molecule has 0 saturated carbocycles. The van der Waals surface area contributed by atoms with Crippen molar-refractivity contribution in [2.45, 2.75) is 13.8 Å². The van der Waals surface area contributed by atoms with Crippen LogP contribution in [-0.4, -0.2) is 21.8 Å². The van der Waals surface area contributed by atoms with Crippen molar-refractivity contribution in [3.63, 3.8) is 0 Å². The maximum atomic E-state index is 12.5. The van der Waals surface area contributed by atoms with E-state index in [1.807, 2.05) is 6.07 Å². The van der Waals surface area contributed by atoms with Gasteiger partial charge in [-0.1, -0.05) is 17.7 Å². The molecule has 0 aliphatic heterocycles. The number of amides is 2. The zero-order valence-electron chi connectivity index (χ0n) is 15.3. The number of nitrogens with zero attached hydrogens (tertiary/aromatic N) is 2. The molecule has 3 aromatic rings. The number of nitrogens with one attached hydrogen (secondary N) is 3. The standard InChI is InChI=1S/C20H18ClN5O2/c1-12-10-18(19(28)24-15-8-6-14(21)7-9-15)26-20(22-12)25-17-5-3-4-16(11-17)23-13(2)27/h3-11H,1-2H3,(H,23,27)(H,24,28)(H,22,25,26). The molecule has 0 unspecified atom stereocenters. The van der Waals surface area contributed by atoms with E-state index >= 15 is 0 Å². The van der Waals surface area contributed by atoms with Crippen molar-refractivity contribution in [1.82, 2.24) is 9.97 Å². The van der Waals surface area contributed by atoms with Crippen LogP contribution in [0.2, 0.25) is 5.02 Å². The Morgan fingerprint density at radius 2 is 1.61 bits per heavy atom. The highest BCUT2D eigenvalue weighted by Gasteiger charge is 2.11. The van der Waals surface area contributed by atoms with Crippen molar-refractivity contribution in [1.29, 1.82) is 0 Å². The fourth-order valence-corrected chi connectivity index (χ4v) is 2.60. The number of anilines is 4. The molecule has 0 fully saturated rings. The summed E-state index contributed by atoms with van der Waals surface area (Å²) in [4.78, 5) is 32.3. The van der Waals surface area contributed by atoms with Crippen molar-refractivity contribution in [3.8, 4) is 0 Å². The highest BCUT2D eigenvalue weighted by Crippen LogP contribution is 2.19. The summed E-state index contributed by atoms with van der Waals surface area (Å²) < 4.78 is 0. The van der Waals surface area contributed by atoms with Crippen LogP contribution >= 0.6 is 11.6 Å². The van der Waals surface area contributed by atoms with Crippen molar-refractivity contribution in [3.05, 3.63) is 71.0 Å². The molecular formula is C20H18ClN5O2. The molecule has 1 heterocycles. The minimum Gasteiger partial charge on any atom is -0.326 e. The van der Waals surface area contributed by atoms with Crippen molar-refractivity contribution in [2.24, 2.45) is 0 Å². The molecule has 0 aliphatic rings. The fourth-order valence-electron chi connectivity index (χ4n) is 2.48. The van der Waals surface area contributed by atoms with Crippen LogP contribution in [0.25, 0.3) is 0 Å². The number of hydrogen-bond donors (Lipinski definition) is 3. The van der Waals surface area contributed by atoms with E-state index < -0.39 is 0 Å². The van der Waals surface area contributed by atoms with Crippen LogP contribution in [0.5, 0.6) is 0 Å². The Balaban J connectivity index is 1.78. The second-order valence-electron chi connectivity index (χ2n) is 6.07. The van der Waals surface area contributed by atoms with Gasteiger partial charge in [0, 0.05) is 34.7 Å². The largest absolute Gasteiger partial charge is 0.326 e. The van der Waals surface area contributed by atoms with E-state index in [1.54, 1.807) is 55.5 Å². The topological polar surface area (TPSA) is 96.0 Å². The lowest BCUT2D eigenvalue weighted by atomic mass is 10.2. The third kappa shape index (κ3) is 5.28. The Labute approximate surface area is 167 Å². The summed E-state index contributed by atoms with van der Waals surface area (Å²) in [5, 5.41) is 9.12. The zero-order chi connectivity index (χ0) is 20.1. The lowest BCUT2D eigenvalue weighted by Crippen LogP contribution is -2.15. The van der Waals surface area contributed by atoms with Crippen LogP contribution in [0.4, 0.5) is 23.0 Å². The van der Waals surface area contributed by atoms with Gasteiger partial charge >= 0.3 is 0 Å². The van der Waals surface area contributed by atoms with Gasteiger partial charge in [0.1, 0.15) is 5.69 Å². The van der Waals surface area contributed by atoms with Crippen molar-refractivity contribution in [2.75, 3.05) is 16.0 Å². The van der Waals surface area contributed by atoms with Gasteiger partial charge in [-0.3, -0.25) is 9.59 Å². The van der Waals surface area contributed by atoms with Gasteiger partial charge in [-0.25, -0.2) is 9.97 Å². The number of benzene rings is 2. The molecular weight excluding hydrogens is 378 g/mol. The Kier molecular flexibility index (Phi) is 5.86. The molecule has 0 spiro atoms. The van der Waals surface area contributed by atoms with Gasteiger partial charge in [0.2, 0.25) is 11.9 Å². The Morgan fingerprint density at radius 3 is 2.32 bits per heavy atom. The number of carbonyl (C=O) groups excluding carboxylic acids is 2. The normalized spacial score (nSPS) is 10.2. The van der Waals surface area contributed by atoms with Gasteiger partial charge in [-0.15, -0.1) is 0 Å². The van der Waals surface area contributed by atoms with Crippen molar-refractivity contribution >= 4 is 46.4 Å². The summed E-state index contributed by atoms with van der Waals surface area (Å²) >= 11 is 5.86. The lowest BCUT2D eigenvalue weighted by molar-refractivity contribution is -0.114. The third-order valence-corrected chi connectivity index (χ3v) is 3.88. The summed E-state index contributed by atoms with van der Waals surface area (Å²) in [6.45, 7) is 3.22. The Morgan fingerprint density at radius 1 is 0.893 bits per heavy atom. The highest BCUT2D eigenvalue weighted by atomic mass is 35.5. The molecule has 8 heteroatoms. The highest BCUT2D eigenvalue weighted by molar-refractivity contribution is 6.30. The summed E-state index contributed by atoms with van der Waals surface area (Å²) in [6, 6.07) is 15.5. The third-order valence-electron chi connectivity index (χ3n) is 3.63. The molecule has 28 heavy (non-hydrogen) atoms. The number of hydrogen-bond acceptors (Lipinski definition) is 5. The van der Waals surface area contributed by atoms with E-state index in [9.17, 15) is 9.59 Å². The first-order chi connectivity index (χ1) is 13.4. The van der Waals surface area contributed by atoms with Crippen LogP contribution in [-0.2, 0) is 4.79 Å². The van der Waals surface area contributed by atoms with Crippen LogP contribution in [0.1, 0.15) is 23.1 Å². The summed E-state index contributed by atoms with van der Waals surface area (Å²) in [7, 11) is 0. The Hall–Kier alpha value is -3.45. The lowest BCUT2D eigenvalue weighted by Gasteiger charge is -2.10. The minimum absolute atomic E-state index is 0.162. The van der Waals surface area contributed by atoms with Gasteiger partial charge < -0.3 is 16.0 Å². The average molecular weight is 396 g/mol. The minimum atomic E-state index is -0.358. The number of aryl methyl sites for hydroxylation is 1. The zero-order valence-corrected chi connectivity index (χ0v) is 16.0. The number of aromatic nitrogens is 2. The van der Waals surface area contributed by atoms with E-state index in [0.717, 1.165) is 0 Å². The molecule has 0 radical (unpaired) electrons. The Bertz CT molecular complexity index is 1020. The van der Waals surface area contributed by atoms with Crippen LogP contribution in [0.3, 0.4) is 0 Å². The smallest absolute Gasteiger partial charge is 0.274 e. The molecule has 2 aromatic carbocycles. The monoisotopic (exact) mass is 395 g/mol. The maximum absolute atomic E-state index is 12.5. The number of carbonyl (C=O) groups is 2. The predicted molar refractivity (Wildman–Crippen MR) is 110 cm³/mol. The van der Waals surface area contributed by atoms with E-state index in [4.69, 9.17) is 11.6 Å². The van der Waals surface area contributed by atoms with E-state index in [1.165, 1.54) is 6.92 Å². The second kappa shape index (κ2) is 8.49. The SMILES string of the molecule is CC(=O)Nc1cccc(Nc2nc(C)cc(C(=O)Nc3ccc(Cl)cc3)n2)c1. The molecule has 2 amide bonds. The first-order valence-corrected chi connectivity index (χ1v) is 8.84. The van der Waals surface area contributed by atoms with Crippen LogP contribution in [0.15, 0.2) is 54.6 Å². The number of halogens is 1. The summed E-state index contributed by atoms with van der Waals surface area (Å²) in [5.74, 6) is -0.241. The molecule has 0 saturated heterocycles. The molecule has 142 valence electrons.